The van der Waals surface area contributed by atoms with E-state index in [-0.39, 0.29) is 17.9 Å². The van der Waals surface area contributed by atoms with E-state index < -0.39 is 0 Å². The molecule has 1 aliphatic heterocycles. The van der Waals surface area contributed by atoms with Crippen LogP contribution in [-0.2, 0) is 0 Å². The topological polar surface area (TPSA) is 29.3 Å². The Morgan fingerprint density at radius 1 is 1.47 bits per heavy atom. The molecule has 0 bridgehead atoms. The molecular weight excluding hydrogens is 215 g/mol. The minimum atomic E-state index is -0.181. The van der Waals surface area contributed by atoms with Gasteiger partial charge in [-0.2, -0.15) is 0 Å². The van der Waals surface area contributed by atoms with E-state index in [1.807, 2.05) is 13.0 Å². The fraction of sp³-hybridized carbons (Fsp3) is 0.571. The lowest BCUT2D eigenvalue weighted by atomic mass is 9.98. The molecule has 1 heterocycles. The minimum Gasteiger partial charge on any atom is -0.326 e. The molecule has 2 nitrogen and oxygen atoms in total. The van der Waals surface area contributed by atoms with Crippen molar-refractivity contribution in [1.82, 2.24) is 4.90 Å². The van der Waals surface area contributed by atoms with Gasteiger partial charge in [0.25, 0.3) is 0 Å². The van der Waals surface area contributed by atoms with E-state index in [0.717, 1.165) is 12.1 Å². The summed E-state index contributed by atoms with van der Waals surface area (Å²) in [7, 11) is 0. The second-order valence-corrected chi connectivity index (χ2v) is 5.09. The van der Waals surface area contributed by atoms with E-state index in [1.165, 1.54) is 18.9 Å². The average molecular weight is 236 g/mol. The molecule has 17 heavy (non-hydrogen) atoms. The van der Waals surface area contributed by atoms with E-state index >= 15 is 0 Å². The summed E-state index contributed by atoms with van der Waals surface area (Å²) in [6.45, 7) is 5.28. The second kappa shape index (κ2) is 5.15. The van der Waals surface area contributed by atoms with Gasteiger partial charge in [-0.3, -0.25) is 4.90 Å². The monoisotopic (exact) mass is 236 g/mol. The first-order valence-corrected chi connectivity index (χ1v) is 6.36. The van der Waals surface area contributed by atoms with Crippen LogP contribution in [0.1, 0.15) is 38.3 Å². The molecule has 2 N–H and O–H groups in total. The van der Waals surface area contributed by atoms with Gasteiger partial charge in [-0.05, 0) is 50.9 Å². The van der Waals surface area contributed by atoms with Crippen LogP contribution in [-0.4, -0.2) is 23.5 Å². The second-order valence-electron chi connectivity index (χ2n) is 5.09. The molecule has 0 amide bonds. The van der Waals surface area contributed by atoms with Crippen molar-refractivity contribution < 1.29 is 4.39 Å². The summed E-state index contributed by atoms with van der Waals surface area (Å²) in [6.07, 6.45) is 2.41. The highest BCUT2D eigenvalue weighted by Crippen LogP contribution is 2.31. The first kappa shape index (κ1) is 12.5. The van der Waals surface area contributed by atoms with E-state index in [4.69, 9.17) is 5.73 Å². The van der Waals surface area contributed by atoms with Crippen LogP contribution in [0.15, 0.2) is 24.3 Å². The third-order valence-corrected chi connectivity index (χ3v) is 3.65. The number of nitrogens with two attached hydrogens (primary N) is 1. The Hall–Kier alpha value is -0.930. The molecule has 3 heteroatoms. The normalized spacial score (nSPS) is 24.8. The smallest absolute Gasteiger partial charge is 0.123 e. The lowest BCUT2D eigenvalue weighted by molar-refractivity contribution is 0.170. The maximum atomic E-state index is 13.3. The van der Waals surface area contributed by atoms with Crippen LogP contribution in [0.5, 0.6) is 0 Å². The molecule has 0 aromatic heterocycles. The highest BCUT2D eigenvalue weighted by Gasteiger charge is 2.31. The van der Waals surface area contributed by atoms with Crippen molar-refractivity contribution in [2.75, 3.05) is 6.54 Å². The SMILES string of the molecule is CC(N)C(c1cccc(F)c1)N1CCCC1C. The van der Waals surface area contributed by atoms with Gasteiger partial charge >= 0.3 is 0 Å². The van der Waals surface area contributed by atoms with E-state index in [1.54, 1.807) is 12.1 Å². The van der Waals surface area contributed by atoms with Crippen LogP contribution >= 0.6 is 0 Å². The summed E-state index contributed by atoms with van der Waals surface area (Å²) in [5, 5.41) is 0. The lowest BCUT2D eigenvalue weighted by Gasteiger charge is -2.34. The van der Waals surface area contributed by atoms with Crippen LogP contribution in [0, 0.1) is 5.82 Å². The molecule has 0 saturated carbocycles. The van der Waals surface area contributed by atoms with E-state index in [9.17, 15) is 4.39 Å². The van der Waals surface area contributed by atoms with E-state index in [2.05, 4.69) is 11.8 Å². The predicted molar refractivity (Wildman–Crippen MR) is 68.2 cm³/mol. The summed E-state index contributed by atoms with van der Waals surface area (Å²) < 4.78 is 13.3. The quantitative estimate of drug-likeness (QED) is 0.874. The minimum absolute atomic E-state index is 0.0114. The largest absolute Gasteiger partial charge is 0.326 e. The number of hydrogen-bond donors (Lipinski definition) is 1. The van der Waals surface area contributed by atoms with Gasteiger partial charge < -0.3 is 5.73 Å². The number of likely N-dealkylation sites (tertiary alicyclic amines) is 1. The zero-order chi connectivity index (χ0) is 12.4. The molecule has 2 rings (SSSR count). The van der Waals surface area contributed by atoms with Crippen LogP contribution < -0.4 is 5.73 Å². The first-order chi connectivity index (χ1) is 8.09. The molecule has 0 spiro atoms. The van der Waals surface area contributed by atoms with Gasteiger partial charge in [0.1, 0.15) is 5.82 Å². The van der Waals surface area contributed by atoms with Crippen LogP contribution in [0.25, 0.3) is 0 Å². The van der Waals surface area contributed by atoms with E-state index in [0.29, 0.717) is 6.04 Å². The average Bonchev–Trinajstić information content (AvgIpc) is 2.65. The Balaban J connectivity index is 2.28. The van der Waals surface area contributed by atoms with Crippen molar-refractivity contribution in [1.29, 1.82) is 0 Å². The molecule has 1 aliphatic rings. The van der Waals surface area contributed by atoms with Gasteiger partial charge in [0, 0.05) is 18.1 Å². The third-order valence-electron chi connectivity index (χ3n) is 3.65. The molecule has 3 atom stereocenters. The van der Waals surface area contributed by atoms with Crippen LogP contribution in [0.4, 0.5) is 4.39 Å². The maximum absolute atomic E-state index is 13.3. The van der Waals surface area contributed by atoms with Gasteiger partial charge in [0.2, 0.25) is 0 Å². The summed E-state index contributed by atoms with van der Waals surface area (Å²) in [5.74, 6) is -0.181. The fourth-order valence-electron chi connectivity index (χ4n) is 2.86. The Bertz CT molecular complexity index is 378. The summed E-state index contributed by atoms with van der Waals surface area (Å²) in [4.78, 5) is 2.40. The highest BCUT2D eigenvalue weighted by molar-refractivity contribution is 5.22. The predicted octanol–water partition coefficient (Wildman–Crippen LogP) is 2.70. The zero-order valence-corrected chi connectivity index (χ0v) is 10.6. The fourth-order valence-corrected chi connectivity index (χ4v) is 2.86. The molecule has 1 saturated heterocycles. The van der Waals surface area contributed by atoms with Crippen molar-refractivity contribution in [3.05, 3.63) is 35.6 Å². The summed E-state index contributed by atoms with van der Waals surface area (Å²) in [5.41, 5.74) is 7.09. The van der Waals surface area contributed by atoms with Crippen molar-refractivity contribution in [2.24, 2.45) is 5.73 Å². The van der Waals surface area contributed by atoms with Crippen molar-refractivity contribution in [2.45, 2.75) is 44.8 Å². The lowest BCUT2D eigenvalue weighted by Crippen LogP contribution is -2.41. The Morgan fingerprint density at radius 2 is 2.24 bits per heavy atom. The zero-order valence-electron chi connectivity index (χ0n) is 10.6. The van der Waals surface area contributed by atoms with Crippen molar-refractivity contribution in [3.63, 3.8) is 0 Å². The molecule has 0 aliphatic carbocycles. The number of rotatable bonds is 3. The van der Waals surface area contributed by atoms with Crippen molar-refractivity contribution >= 4 is 0 Å². The van der Waals surface area contributed by atoms with Crippen LogP contribution in [0.2, 0.25) is 0 Å². The first-order valence-electron chi connectivity index (χ1n) is 6.36. The van der Waals surface area contributed by atoms with Gasteiger partial charge in [-0.1, -0.05) is 12.1 Å². The maximum Gasteiger partial charge on any atom is 0.123 e. The molecule has 0 radical (unpaired) electrons. The molecule has 94 valence electrons. The summed E-state index contributed by atoms with van der Waals surface area (Å²) >= 11 is 0. The molecule has 3 unspecified atom stereocenters. The Kier molecular flexibility index (Phi) is 3.79. The standard InChI is InChI=1S/C14H21FN2/c1-10-5-4-8-17(10)14(11(2)16)12-6-3-7-13(15)9-12/h3,6-7,9-11,14H,4-5,8,16H2,1-2H3. The van der Waals surface area contributed by atoms with Gasteiger partial charge in [0.05, 0.1) is 0 Å². The molecular formula is C14H21FN2. The third kappa shape index (κ3) is 2.67. The Labute approximate surface area is 103 Å². The van der Waals surface area contributed by atoms with Gasteiger partial charge in [-0.15, -0.1) is 0 Å². The van der Waals surface area contributed by atoms with Gasteiger partial charge in [0.15, 0.2) is 0 Å². The highest BCUT2D eigenvalue weighted by atomic mass is 19.1. The van der Waals surface area contributed by atoms with Gasteiger partial charge in [-0.25, -0.2) is 4.39 Å². The van der Waals surface area contributed by atoms with Crippen LogP contribution in [0.3, 0.4) is 0 Å². The number of hydrogen-bond acceptors (Lipinski definition) is 2. The number of benzene rings is 1. The molecule has 1 aromatic rings. The Morgan fingerprint density at radius 3 is 2.76 bits per heavy atom. The number of nitrogens with zero attached hydrogens (tertiary/aromatic N) is 1. The van der Waals surface area contributed by atoms with Crippen molar-refractivity contribution in [3.8, 4) is 0 Å². The molecule has 1 aromatic carbocycles. The molecule has 1 fully saturated rings. The summed E-state index contributed by atoms with van der Waals surface area (Å²) in [6, 6.07) is 7.51. The number of halogens is 1.